The van der Waals surface area contributed by atoms with Crippen molar-refractivity contribution in [1.29, 1.82) is 0 Å². The number of hydrogen-bond acceptors (Lipinski definition) is 2. The van der Waals surface area contributed by atoms with Crippen molar-refractivity contribution in [2.45, 2.75) is 25.2 Å². The fourth-order valence-corrected chi connectivity index (χ4v) is 3.25. The van der Waals surface area contributed by atoms with Gasteiger partial charge in [0.25, 0.3) is 5.91 Å². The number of benzene rings is 2. The van der Waals surface area contributed by atoms with Crippen LogP contribution >= 0.6 is 0 Å². The molecule has 1 aliphatic carbocycles. The van der Waals surface area contributed by atoms with E-state index >= 15 is 0 Å². The second kappa shape index (κ2) is 7.99. The summed E-state index contributed by atoms with van der Waals surface area (Å²) in [7, 11) is 0. The highest BCUT2D eigenvalue weighted by atomic mass is 19.4. The molecule has 1 aromatic heterocycles. The summed E-state index contributed by atoms with van der Waals surface area (Å²) in [5.41, 5.74) is -2.04. The Balaban J connectivity index is 1.64. The quantitative estimate of drug-likeness (QED) is 0.503. The van der Waals surface area contributed by atoms with Gasteiger partial charge in [-0.25, -0.2) is 4.98 Å². The standard InChI is InChI=1S/C22H17F6N3O/c23-21(24,25)16-7-15(8-17(9-16)22(26,27)28)14-3-5-18(6-4-14)31-12-29-11-19(31)20(32)30-10-13-1-2-13/h3-9,11-13H,1-2,10H2,(H,30,32). The van der Waals surface area contributed by atoms with E-state index in [2.05, 4.69) is 10.3 Å². The van der Waals surface area contributed by atoms with E-state index in [-0.39, 0.29) is 28.8 Å². The van der Waals surface area contributed by atoms with Crippen LogP contribution in [0.3, 0.4) is 0 Å². The first-order valence-electron chi connectivity index (χ1n) is 9.73. The van der Waals surface area contributed by atoms with Crippen LogP contribution in [0, 0.1) is 5.92 Å². The Hall–Kier alpha value is -3.30. The summed E-state index contributed by atoms with van der Waals surface area (Å²) in [5.74, 6) is 0.176. The number of carbonyl (C=O) groups is 1. The van der Waals surface area contributed by atoms with Gasteiger partial charge in [-0.1, -0.05) is 12.1 Å². The minimum atomic E-state index is -4.92. The number of aromatic nitrogens is 2. The highest BCUT2D eigenvalue weighted by Crippen LogP contribution is 2.38. The lowest BCUT2D eigenvalue weighted by Crippen LogP contribution is -2.27. The van der Waals surface area contributed by atoms with Crippen LogP contribution < -0.4 is 5.32 Å². The van der Waals surface area contributed by atoms with Crippen molar-refractivity contribution in [1.82, 2.24) is 14.9 Å². The van der Waals surface area contributed by atoms with Crippen LogP contribution in [0.1, 0.15) is 34.5 Å². The van der Waals surface area contributed by atoms with Crippen molar-refractivity contribution < 1.29 is 31.1 Å². The summed E-state index contributed by atoms with van der Waals surface area (Å²) in [6.45, 7) is 0.569. The molecule has 1 saturated carbocycles. The smallest absolute Gasteiger partial charge is 0.350 e. The molecule has 0 unspecified atom stereocenters. The molecule has 0 aliphatic heterocycles. The largest absolute Gasteiger partial charge is 0.416 e. The van der Waals surface area contributed by atoms with E-state index in [9.17, 15) is 31.1 Å². The lowest BCUT2D eigenvalue weighted by molar-refractivity contribution is -0.143. The molecule has 2 aromatic carbocycles. The van der Waals surface area contributed by atoms with Crippen molar-refractivity contribution in [2.24, 2.45) is 5.92 Å². The molecule has 1 aliphatic rings. The first-order chi connectivity index (χ1) is 15.0. The molecule has 0 saturated heterocycles. The lowest BCUT2D eigenvalue weighted by atomic mass is 9.99. The van der Waals surface area contributed by atoms with Gasteiger partial charge in [-0.3, -0.25) is 9.36 Å². The van der Waals surface area contributed by atoms with Crippen LogP contribution in [-0.2, 0) is 12.4 Å². The average molecular weight is 453 g/mol. The summed E-state index contributed by atoms with van der Waals surface area (Å²) >= 11 is 0. The Labute approximate surface area is 178 Å². The van der Waals surface area contributed by atoms with Crippen LogP contribution in [0.5, 0.6) is 0 Å². The number of imidazole rings is 1. The monoisotopic (exact) mass is 453 g/mol. The fourth-order valence-electron chi connectivity index (χ4n) is 3.25. The molecule has 1 fully saturated rings. The summed E-state index contributed by atoms with van der Waals surface area (Å²) < 4.78 is 80.2. The molecule has 1 amide bonds. The van der Waals surface area contributed by atoms with Crippen LogP contribution in [0.25, 0.3) is 16.8 Å². The molecule has 0 atom stereocenters. The van der Waals surface area contributed by atoms with Crippen molar-refractivity contribution in [3.8, 4) is 16.8 Å². The molecule has 1 heterocycles. The van der Waals surface area contributed by atoms with Crippen LogP contribution in [0.4, 0.5) is 26.3 Å². The number of amides is 1. The normalized spacial score (nSPS) is 14.4. The van der Waals surface area contributed by atoms with Crippen LogP contribution in [0.2, 0.25) is 0 Å². The molecule has 32 heavy (non-hydrogen) atoms. The van der Waals surface area contributed by atoms with Gasteiger partial charge in [-0.2, -0.15) is 26.3 Å². The second-order valence-electron chi connectivity index (χ2n) is 7.64. The van der Waals surface area contributed by atoms with Crippen molar-refractivity contribution in [3.05, 3.63) is 71.8 Å². The lowest BCUT2D eigenvalue weighted by Gasteiger charge is -2.15. The number of hydrogen-bond donors (Lipinski definition) is 1. The Bertz CT molecular complexity index is 1100. The zero-order valence-corrected chi connectivity index (χ0v) is 16.5. The first-order valence-corrected chi connectivity index (χ1v) is 9.73. The van der Waals surface area contributed by atoms with E-state index in [1.54, 1.807) is 0 Å². The topological polar surface area (TPSA) is 46.9 Å². The van der Waals surface area contributed by atoms with Gasteiger partial charge in [-0.15, -0.1) is 0 Å². The molecule has 4 nitrogen and oxygen atoms in total. The number of halogens is 6. The van der Waals surface area contributed by atoms with Gasteiger partial charge in [-0.05, 0) is 60.2 Å². The third-order valence-corrected chi connectivity index (χ3v) is 5.19. The fraction of sp³-hybridized carbons (Fsp3) is 0.273. The van der Waals surface area contributed by atoms with Crippen LogP contribution in [-0.4, -0.2) is 22.0 Å². The molecule has 168 valence electrons. The minimum Gasteiger partial charge on any atom is -0.350 e. The van der Waals surface area contributed by atoms with Crippen molar-refractivity contribution in [3.63, 3.8) is 0 Å². The molecule has 3 aromatic rings. The van der Waals surface area contributed by atoms with Crippen molar-refractivity contribution in [2.75, 3.05) is 6.54 Å². The summed E-state index contributed by atoms with van der Waals surface area (Å²) in [6.07, 6.45) is -4.89. The molecule has 0 bridgehead atoms. The van der Waals surface area contributed by atoms with E-state index < -0.39 is 23.5 Å². The molecular weight excluding hydrogens is 436 g/mol. The van der Waals surface area contributed by atoms with E-state index in [0.717, 1.165) is 12.8 Å². The van der Waals surface area contributed by atoms with Crippen molar-refractivity contribution >= 4 is 5.91 Å². The zero-order chi connectivity index (χ0) is 23.1. The Kier molecular flexibility index (Phi) is 5.47. The van der Waals surface area contributed by atoms with Gasteiger partial charge in [0.2, 0.25) is 0 Å². The SMILES string of the molecule is O=C(NCC1CC1)c1cncn1-c1ccc(-c2cc(C(F)(F)F)cc(C(F)(F)F)c2)cc1. The van der Waals surface area contributed by atoms with Gasteiger partial charge in [0, 0.05) is 12.2 Å². The predicted octanol–water partition coefficient (Wildman–Crippen LogP) is 5.72. The summed E-state index contributed by atoms with van der Waals surface area (Å²) in [4.78, 5) is 16.4. The number of nitrogens with one attached hydrogen (secondary N) is 1. The minimum absolute atomic E-state index is 0.0931. The highest BCUT2D eigenvalue weighted by molar-refractivity contribution is 5.93. The van der Waals surface area contributed by atoms with E-state index in [4.69, 9.17) is 0 Å². The highest BCUT2D eigenvalue weighted by Gasteiger charge is 2.37. The third kappa shape index (κ3) is 4.79. The summed E-state index contributed by atoms with van der Waals surface area (Å²) in [6, 6.07) is 7.25. The number of carbonyl (C=O) groups excluding carboxylic acids is 1. The predicted molar refractivity (Wildman–Crippen MR) is 104 cm³/mol. The van der Waals surface area contributed by atoms with Gasteiger partial charge in [0.15, 0.2) is 0 Å². The van der Waals surface area contributed by atoms with E-state index in [1.165, 1.54) is 41.4 Å². The Morgan fingerprint density at radius 2 is 1.53 bits per heavy atom. The first kappa shape index (κ1) is 21.9. The van der Waals surface area contributed by atoms with E-state index in [1.807, 2.05) is 0 Å². The molecule has 4 rings (SSSR count). The van der Waals surface area contributed by atoms with Gasteiger partial charge in [0.1, 0.15) is 5.69 Å². The Morgan fingerprint density at radius 3 is 2.06 bits per heavy atom. The number of alkyl halides is 6. The molecule has 0 radical (unpaired) electrons. The maximum Gasteiger partial charge on any atom is 0.416 e. The zero-order valence-electron chi connectivity index (χ0n) is 16.5. The third-order valence-electron chi connectivity index (χ3n) is 5.19. The molecule has 0 spiro atoms. The molecule has 1 N–H and O–H groups in total. The summed E-state index contributed by atoms with van der Waals surface area (Å²) in [5, 5.41) is 2.82. The number of nitrogens with zero attached hydrogens (tertiary/aromatic N) is 2. The maximum atomic E-state index is 13.1. The molecular formula is C22H17F6N3O. The second-order valence-corrected chi connectivity index (χ2v) is 7.64. The van der Waals surface area contributed by atoms with Gasteiger partial charge < -0.3 is 5.32 Å². The molecule has 10 heteroatoms. The van der Waals surface area contributed by atoms with Gasteiger partial charge >= 0.3 is 12.4 Å². The Morgan fingerprint density at radius 1 is 0.938 bits per heavy atom. The average Bonchev–Trinajstić information content (AvgIpc) is 3.44. The van der Waals surface area contributed by atoms with Crippen LogP contribution in [0.15, 0.2) is 55.0 Å². The van der Waals surface area contributed by atoms with Gasteiger partial charge in [0.05, 0.1) is 23.7 Å². The van der Waals surface area contributed by atoms with E-state index in [0.29, 0.717) is 30.3 Å². The number of rotatable bonds is 5. The maximum absolute atomic E-state index is 13.1.